The molecule has 1 unspecified atom stereocenters. The van der Waals surface area contributed by atoms with Crippen molar-refractivity contribution in [2.75, 3.05) is 31.0 Å². The van der Waals surface area contributed by atoms with Crippen molar-refractivity contribution in [3.05, 3.63) is 47.8 Å². The average Bonchev–Trinajstić information content (AvgIpc) is 3.29. The highest BCUT2D eigenvalue weighted by Gasteiger charge is 2.29. The molecule has 1 aliphatic rings. The van der Waals surface area contributed by atoms with Crippen LogP contribution < -0.4 is 24.4 Å². The zero-order valence-electron chi connectivity index (χ0n) is 18.7. The quantitative estimate of drug-likeness (QED) is 0.495. The lowest BCUT2D eigenvalue weighted by atomic mass is 10.1. The predicted octanol–water partition coefficient (Wildman–Crippen LogP) is 4.36. The molecular formula is C24H25N3O5S. The first kappa shape index (κ1) is 22.6. The van der Waals surface area contributed by atoms with Crippen molar-refractivity contribution in [1.82, 2.24) is 4.98 Å². The number of methoxy groups -OCH3 is 1. The molecule has 33 heavy (non-hydrogen) atoms. The van der Waals surface area contributed by atoms with Gasteiger partial charge in [-0.15, -0.1) is 11.3 Å². The Kier molecular flexibility index (Phi) is 6.79. The van der Waals surface area contributed by atoms with Crippen LogP contribution in [0.3, 0.4) is 0 Å². The van der Waals surface area contributed by atoms with Gasteiger partial charge in [0.15, 0.2) is 11.2 Å². The summed E-state index contributed by atoms with van der Waals surface area (Å²) >= 11 is 1.35. The number of ether oxygens (including phenoxy) is 3. The van der Waals surface area contributed by atoms with E-state index in [1.807, 2.05) is 47.8 Å². The van der Waals surface area contributed by atoms with E-state index in [-0.39, 0.29) is 11.8 Å². The number of rotatable bonds is 8. The Hall–Kier alpha value is -3.59. The minimum absolute atomic E-state index is 0.0955. The number of likely N-dealkylation sites (N-methyl/N-ethyl adjacent to an activating group) is 1. The molecule has 8 nitrogen and oxygen atoms in total. The van der Waals surface area contributed by atoms with Crippen LogP contribution in [0.1, 0.15) is 19.8 Å². The van der Waals surface area contributed by atoms with E-state index in [1.165, 1.54) is 11.3 Å². The molecule has 1 aliphatic heterocycles. The second-order valence-electron chi connectivity index (χ2n) is 7.55. The number of hydrogen-bond acceptors (Lipinski definition) is 7. The fourth-order valence-electron chi connectivity index (χ4n) is 3.41. The van der Waals surface area contributed by atoms with E-state index in [2.05, 4.69) is 10.3 Å². The van der Waals surface area contributed by atoms with E-state index in [0.717, 1.165) is 22.8 Å². The van der Waals surface area contributed by atoms with Crippen molar-refractivity contribution in [1.29, 1.82) is 0 Å². The number of anilines is 2. The van der Waals surface area contributed by atoms with Gasteiger partial charge in [-0.3, -0.25) is 9.59 Å². The number of fused-ring (bicyclic) bond motifs is 1. The highest BCUT2D eigenvalue weighted by molar-refractivity contribution is 7.14. The van der Waals surface area contributed by atoms with Crippen LogP contribution in [0.2, 0.25) is 0 Å². The van der Waals surface area contributed by atoms with Crippen LogP contribution in [0.4, 0.5) is 10.8 Å². The maximum absolute atomic E-state index is 12.3. The number of benzene rings is 2. The van der Waals surface area contributed by atoms with E-state index in [4.69, 9.17) is 14.2 Å². The van der Waals surface area contributed by atoms with Crippen molar-refractivity contribution in [2.45, 2.75) is 25.9 Å². The molecule has 0 saturated heterocycles. The standard InChI is InChI=1S/C24H25N3O5S/c1-15-23(29)27(2)20-13-16(6-11-21(20)32-15)19-14-33-24(25-19)26-22(28)5-4-12-31-18-9-7-17(30-3)8-10-18/h6-11,13-15H,4-5,12H2,1-3H3,(H,25,26,28). The third-order valence-corrected chi connectivity index (χ3v) is 5.98. The fraction of sp³-hybridized carbons (Fsp3) is 0.292. The lowest BCUT2D eigenvalue weighted by molar-refractivity contribution is -0.125. The van der Waals surface area contributed by atoms with Crippen molar-refractivity contribution in [3.63, 3.8) is 0 Å². The summed E-state index contributed by atoms with van der Waals surface area (Å²) in [5.74, 6) is 1.95. The number of carbonyl (C=O) groups excluding carboxylic acids is 2. The molecule has 0 radical (unpaired) electrons. The second-order valence-corrected chi connectivity index (χ2v) is 8.41. The lowest BCUT2D eigenvalue weighted by Gasteiger charge is -2.30. The molecule has 2 aromatic carbocycles. The monoisotopic (exact) mass is 467 g/mol. The topological polar surface area (TPSA) is 90.0 Å². The van der Waals surface area contributed by atoms with Crippen LogP contribution in [0.25, 0.3) is 11.3 Å². The van der Waals surface area contributed by atoms with Gasteiger partial charge in [0.2, 0.25) is 5.91 Å². The molecule has 172 valence electrons. The minimum atomic E-state index is -0.504. The summed E-state index contributed by atoms with van der Waals surface area (Å²) in [6.07, 6.45) is 0.405. The minimum Gasteiger partial charge on any atom is -0.497 e. The molecular weight excluding hydrogens is 442 g/mol. The van der Waals surface area contributed by atoms with Crippen molar-refractivity contribution in [3.8, 4) is 28.5 Å². The number of carbonyl (C=O) groups is 2. The van der Waals surface area contributed by atoms with E-state index >= 15 is 0 Å². The van der Waals surface area contributed by atoms with Crippen molar-refractivity contribution < 1.29 is 23.8 Å². The summed E-state index contributed by atoms with van der Waals surface area (Å²) in [6.45, 7) is 2.17. The number of amides is 2. The molecule has 2 heterocycles. The third kappa shape index (κ3) is 5.25. The number of aromatic nitrogens is 1. The normalized spacial score (nSPS) is 14.9. The van der Waals surface area contributed by atoms with Gasteiger partial charge < -0.3 is 24.4 Å². The maximum Gasteiger partial charge on any atom is 0.267 e. The van der Waals surface area contributed by atoms with Gasteiger partial charge in [-0.25, -0.2) is 4.98 Å². The third-order valence-electron chi connectivity index (χ3n) is 5.23. The summed E-state index contributed by atoms with van der Waals surface area (Å²) in [7, 11) is 3.35. The smallest absolute Gasteiger partial charge is 0.267 e. The Morgan fingerprint density at radius 1 is 1.21 bits per heavy atom. The van der Waals surface area contributed by atoms with Gasteiger partial charge >= 0.3 is 0 Å². The molecule has 0 aliphatic carbocycles. The van der Waals surface area contributed by atoms with Crippen molar-refractivity contribution >= 4 is 34.0 Å². The van der Waals surface area contributed by atoms with E-state index in [9.17, 15) is 9.59 Å². The van der Waals surface area contributed by atoms with Crippen LogP contribution in [-0.2, 0) is 9.59 Å². The van der Waals surface area contributed by atoms with E-state index < -0.39 is 6.10 Å². The molecule has 9 heteroatoms. The number of thiazole rings is 1. The van der Waals surface area contributed by atoms with Crippen LogP contribution in [0.15, 0.2) is 47.8 Å². The highest BCUT2D eigenvalue weighted by Crippen LogP contribution is 2.37. The fourth-order valence-corrected chi connectivity index (χ4v) is 4.15. The molecule has 1 N–H and O–H groups in total. The molecule has 2 amide bonds. The Morgan fingerprint density at radius 2 is 1.97 bits per heavy atom. The molecule has 1 atom stereocenters. The number of nitrogens with one attached hydrogen (secondary N) is 1. The summed E-state index contributed by atoms with van der Waals surface area (Å²) in [4.78, 5) is 30.6. The largest absolute Gasteiger partial charge is 0.497 e. The van der Waals surface area contributed by atoms with Gasteiger partial charge in [0.25, 0.3) is 5.91 Å². The van der Waals surface area contributed by atoms with Gasteiger partial charge in [0, 0.05) is 24.4 Å². The van der Waals surface area contributed by atoms with Crippen LogP contribution in [0, 0.1) is 0 Å². The Balaban J connectivity index is 1.29. The van der Waals surface area contributed by atoms with E-state index in [0.29, 0.717) is 36.0 Å². The SMILES string of the molecule is COc1ccc(OCCCC(=O)Nc2nc(-c3ccc4c(c3)N(C)C(=O)C(C)O4)cs2)cc1. The molecule has 1 aromatic heterocycles. The Labute approximate surface area is 196 Å². The molecule has 0 fully saturated rings. The van der Waals surface area contributed by atoms with Gasteiger partial charge in [0.1, 0.15) is 17.2 Å². The van der Waals surface area contributed by atoms with E-state index in [1.54, 1.807) is 26.0 Å². The first-order valence-electron chi connectivity index (χ1n) is 10.6. The first-order chi connectivity index (χ1) is 15.9. The molecule has 0 spiro atoms. The predicted molar refractivity (Wildman–Crippen MR) is 127 cm³/mol. The second kappa shape index (κ2) is 9.91. The molecule has 0 saturated carbocycles. The number of nitrogens with zero attached hydrogens (tertiary/aromatic N) is 2. The van der Waals surface area contributed by atoms with Crippen molar-refractivity contribution in [2.24, 2.45) is 0 Å². The van der Waals surface area contributed by atoms with Gasteiger partial charge in [-0.2, -0.15) is 0 Å². The number of hydrogen-bond donors (Lipinski definition) is 1. The summed E-state index contributed by atoms with van der Waals surface area (Å²) in [5.41, 5.74) is 2.27. The maximum atomic E-state index is 12.3. The lowest BCUT2D eigenvalue weighted by Crippen LogP contribution is -2.41. The Morgan fingerprint density at radius 3 is 2.73 bits per heavy atom. The van der Waals surface area contributed by atoms with Crippen LogP contribution >= 0.6 is 11.3 Å². The van der Waals surface area contributed by atoms with Gasteiger partial charge in [0.05, 0.1) is 25.1 Å². The van der Waals surface area contributed by atoms with Gasteiger partial charge in [-0.05, 0) is 55.8 Å². The average molecular weight is 468 g/mol. The van der Waals surface area contributed by atoms with Crippen LogP contribution in [-0.4, -0.2) is 43.7 Å². The summed E-state index contributed by atoms with van der Waals surface area (Å²) < 4.78 is 16.4. The zero-order valence-corrected chi connectivity index (χ0v) is 19.5. The zero-order chi connectivity index (χ0) is 23.4. The Bertz CT molecular complexity index is 1150. The molecule has 0 bridgehead atoms. The summed E-state index contributed by atoms with van der Waals surface area (Å²) in [5, 5.41) is 5.24. The van der Waals surface area contributed by atoms with Gasteiger partial charge in [-0.1, -0.05) is 0 Å². The highest BCUT2D eigenvalue weighted by atomic mass is 32.1. The first-order valence-corrected chi connectivity index (χ1v) is 11.4. The van der Waals surface area contributed by atoms with Crippen LogP contribution in [0.5, 0.6) is 17.2 Å². The molecule has 4 rings (SSSR count). The molecule has 3 aromatic rings. The summed E-state index contributed by atoms with van der Waals surface area (Å²) in [6, 6.07) is 12.9.